The molecule has 7 nitrogen and oxygen atoms in total. The molecule has 24 heavy (non-hydrogen) atoms. The number of hydrogen-bond acceptors (Lipinski definition) is 5. The molecule has 0 saturated heterocycles. The van der Waals surface area contributed by atoms with Crippen molar-refractivity contribution in [1.82, 2.24) is 9.71 Å². The first-order valence-corrected chi connectivity index (χ1v) is 8.20. The standard InChI is InChI=1S/C15H12FN3O4S/c16-12-8-10(9-17)4-5-14(12)24(22,23)18-7-6-11-2-1-3-13(19-11)15(20)21/h1-5,8,18H,6-7H2,(H,20,21). The van der Waals surface area contributed by atoms with Gasteiger partial charge in [-0.25, -0.2) is 27.3 Å². The summed E-state index contributed by atoms with van der Waals surface area (Å²) >= 11 is 0. The highest BCUT2D eigenvalue weighted by Crippen LogP contribution is 2.15. The van der Waals surface area contributed by atoms with E-state index in [1.54, 1.807) is 12.1 Å². The summed E-state index contributed by atoms with van der Waals surface area (Å²) in [6, 6.07) is 9.15. The second kappa shape index (κ2) is 7.16. The number of carboxylic acids is 1. The topological polar surface area (TPSA) is 120 Å². The average molecular weight is 349 g/mol. The summed E-state index contributed by atoms with van der Waals surface area (Å²) in [5.74, 6) is -2.20. The second-order valence-electron chi connectivity index (χ2n) is 4.72. The fourth-order valence-corrected chi connectivity index (χ4v) is 3.01. The molecular weight excluding hydrogens is 337 g/mol. The summed E-state index contributed by atoms with van der Waals surface area (Å²) in [7, 11) is -4.09. The molecule has 2 N–H and O–H groups in total. The Bertz CT molecular complexity index is 923. The summed E-state index contributed by atoms with van der Waals surface area (Å²) in [4.78, 5) is 14.1. The third-order valence-corrected chi connectivity index (χ3v) is 4.54. The number of aromatic carboxylic acids is 1. The molecule has 0 amide bonds. The van der Waals surface area contributed by atoms with Crippen molar-refractivity contribution >= 4 is 16.0 Å². The number of rotatable bonds is 6. The molecule has 0 radical (unpaired) electrons. The number of aromatic nitrogens is 1. The van der Waals surface area contributed by atoms with Crippen LogP contribution in [0.25, 0.3) is 0 Å². The molecule has 2 aromatic rings. The molecule has 0 aliphatic carbocycles. The van der Waals surface area contributed by atoms with E-state index in [0.717, 1.165) is 12.1 Å². The van der Waals surface area contributed by atoms with E-state index in [2.05, 4.69) is 9.71 Å². The number of sulfonamides is 1. The number of halogens is 1. The van der Waals surface area contributed by atoms with Crippen LogP contribution in [0.2, 0.25) is 0 Å². The molecule has 0 atom stereocenters. The van der Waals surface area contributed by atoms with Crippen LogP contribution < -0.4 is 4.72 Å². The molecule has 0 fully saturated rings. The molecule has 0 saturated carbocycles. The third-order valence-electron chi connectivity index (χ3n) is 3.05. The van der Waals surface area contributed by atoms with Gasteiger partial charge in [-0.05, 0) is 30.3 Å². The normalized spacial score (nSPS) is 11.0. The monoisotopic (exact) mass is 349 g/mol. The van der Waals surface area contributed by atoms with Gasteiger partial charge in [-0.1, -0.05) is 6.07 Å². The lowest BCUT2D eigenvalue weighted by Crippen LogP contribution is -2.27. The first-order valence-electron chi connectivity index (χ1n) is 6.72. The fourth-order valence-electron chi connectivity index (χ4n) is 1.92. The molecule has 0 spiro atoms. The maximum Gasteiger partial charge on any atom is 0.354 e. The van der Waals surface area contributed by atoms with Crippen molar-refractivity contribution in [3.63, 3.8) is 0 Å². The van der Waals surface area contributed by atoms with Crippen LogP contribution in [-0.2, 0) is 16.4 Å². The molecule has 1 aromatic carbocycles. The highest BCUT2D eigenvalue weighted by Gasteiger charge is 2.19. The van der Waals surface area contributed by atoms with Crippen molar-refractivity contribution in [3.05, 3.63) is 59.2 Å². The van der Waals surface area contributed by atoms with Crippen LogP contribution in [0.15, 0.2) is 41.3 Å². The second-order valence-corrected chi connectivity index (χ2v) is 6.46. The molecule has 2 rings (SSSR count). The lowest BCUT2D eigenvalue weighted by atomic mass is 10.2. The molecular formula is C15H12FN3O4S. The Kier molecular flexibility index (Phi) is 5.23. The van der Waals surface area contributed by atoms with Crippen molar-refractivity contribution < 1.29 is 22.7 Å². The smallest absolute Gasteiger partial charge is 0.354 e. The minimum atomic E-state index is -4.09. The predicted octanol–water partition coefficient (Wildman–Crippen LogP) is 1.31. The number of pyridine rings is 1. The van der Waals surface area contributed by atoms with Gasteiger partial charge < -0.3 is 5.11 Å². The number of nitrogens with zero attached hydrogens (tertiary/aromatic N) is 2. The maximum absolute atomic E-state index is 13.8. The third kappa shape index (κ3) is 4.13. The van der Waals surface area contributed by atoms with Crippen molar-refractivity contribution in [2.75, 3.05) is 6.54 Å². The van der Waals surface area contributed by atoms with Gasteiger partial charge in [-0.2, -0.15) is 5.26 Å². The van der Waals surface area contributed by atoms with E-state index in [9.17, 15) is 17.6 Å². The molecule has 1 heterocycles. The van der Waals surface area contributed by atoms with Gasteiger partial charge in [0.15, 0.2) is 0 Å². The molecule has 1 aromatic heterocycles. The summed E-state index contributed by atoms with van der Waals surface area (Å²) in [6.45, 7) is -0.0855. The largest absolute Gasteiger partial charge is 0.477 e. The van der Waals surface area contributed by atoms with Gasteiger partial charge in [0.1, 0.15) is 16.4 Å². The number of benzene rings is 1. The highest BCUT2D eigenvalue weighted by molar-refractivity contribution is 7.89. The number of carbonyl (C=O) groups is 1. The minimum Gasteiger partial charge on any atom is -0.477 e. The molecule has 9 heteroatoms. The first kappa shape index (κ1) is 17.5. The van der Waals surface area contributed by atoms with Gasteiger partial charge in [0, 0.05) is 18.7 Å². The molecule has 124 valence electrons. The van der Waals surface area contributed by atoms with Crippen LogP contribution in [0, 0.1) is 17.1 Å². The van der Waals surface area contributed by atoms with Crippen molar-refractivity contribution in [3.8, 4) is 6.07 Å². The van der Waals surface area contributed by atoms with Gasteiger partial charge in [0.2, 0.25) is 10.0 Å². The van der Waals surface area contributed by atoms with Gasteiger partial charge >= 0.3 is 5.97 Å². The quantitative estimate of drug-likeness (QED) is 0.811. The molecule has 0 unspecified atom stereocenters. The van der Waals surface area contributed by atoms with Crippen molar-refractivity contribution in [2.45, 2.75) is 11.3 Å². The lowest BCUT2D eigenvalue weighted by molar-refractivity contribution is 0.0690. The number of nitriles is 1. The first-order chi connectivity index (χ1) is 11.3. The van der Waals surface area contributed by atoms with Crippen LogP contribution in [0.3, 0.4) is 0 Å². The van der Waals surface area contributed by atoms with E-state index in [-0.39, 0.29) is 24.2 Å². The Hall–Kier alpha value is -2.83. The molecule has 0 aliphatic heterocycles. The SMILES string of the molecule is N#Cc1ccc(S(=O)(=O)NCCc2cccc(C(=O)O)n2)c(F)c1. The van der Waals surface area contributed by atoms with Gasteiger partial charge in [-0.15, -0.1) is 0 Å². The minimum absolute atomic E-state index is 0.0149. The molecule has 0 bridgehead atoms. The Morgan fingerprint density at radius 3 is 2.71 bits per heavy atom. The van der Waals surface area contributed by atoms with E-state index in [4.69, 9.17) is 10.4 Å². The van der Waals surface area contributed by atoms with Gasteiger partial charge in [-0.3, -0.25) is 0 Å². The maximum atomic E-state index is 13.8. The van der Waals surface area contributed by atoms with Gasteiger partial charge in [0.25, 0.3) is 0 Å². The van der Waals surface area contributed by atoms with E-state index in [1.165, 1.54) is 18.2 Å². The molecule has 0 aliphatic rings. The Balaban J connectivity index is 2.07. The summed E-state index contributed by atoms with van der Waals surface area (Å²) < 4.78 is 40.1. The zero-order chi connectivity index (χ0) is 17.7. The Labute approximate surface area is 137 Å². The average Bonchev–Trinajstić information content (AvgIpc) is 2.54. The van der Waals surface area contributed by atoms with Crippen LogP contribution in [0.5, 0.6) is 0 Å². The van der Waals surface area contributed by atoms with Crippen LogP contribution in [0.4, 0.5) is 4.39 Å². The van der Waals surface area contributed by atoms with Crippen molar-refractivity contribution in [1.29, 1.82) is 5.26 Å². The van der Waals surface area contributed by atoms with Crippen LogP contribution in [0.1, 0.15) is 21.7 Å². The zero-order valence-corrected chi connectivity index (χ0v) is 13.0. The fraction of sp³-hybridized carbons (Fsp3) is 0.133. The summed E-state index contributed by atoms with van der Waals surface area (Å²) in [5, 5.41) is 17.5. The summed E-state index contributed by atoms with van der Waals surface area (Å²) in [5.41, 5.74) is 0.257. The van der Waals surface area contributed by atoms with Crippen LogP contribution in [-0.4, -0.2) is 31.0 Å². The van der Waals surface area contributed by atoms with E-state index < -0.39 is 26.7 Å². The van der Waals surface area contributed by atoms with Crippen molar-refractivity contribution in [2.24, 2.45) is 0 Å². The Morgan fingerprint density at radius 1 is 1.33 bits per heavy atom. The zero-order valence-electron chi connectivity index (χ0n) is 12.2. The van der Waals surface area contributed by atoms with E-state index in [1.807, 2.05) is 0 Å². The predicted molar refractivity (Wildman–Crippen MR) is 81.2 cm³/mol. The Morgan fingerprint density at radius 2 is 2.08 bits per heavy atom. The van der Waals surface area contributed by atoms with Gasteiger partial charge in [0.05, 0.1) is 11.6 Å². The summed E-state index contributed by atoms with van der Waals surface area (Å²) in [6.07, 6.45) is 0.137. The van der Waals surface area contributed by atoms with E-state index in [0.29, 0.717) is 5.69 Å². The number of carboxylic acid groups (broad SMARTS) is 1. The van der Waals surface area contributed by atoms with Crippen LogP contribution >= 0.6 is 0 Å². The lowest BCUT2D eigenvalue weighted by Gasteiger charge is -2.08. The highest BCUT2D eigenvalue weighted by atomic mass is 32.2. The number of nitrogens with one attached hydrogen (secondary N) is 1. The van der Waals surface area contributed by atoms with E-state index >= 15 is 0 Å². The number of hydrogen-bond donors (Lipinski definition) is 2.